The Bertz CT molecular complexity index is 328. The molecule has 5 heteroatoms. The second-order valence-electron chi connectivity index (χ2n) is 5.63. The molecule has 1 saturated heterocycles. The van der Waals surface area contributed by atoms with E-state index < -0.39 is 5.97 Å². The molecule has 1 aliphatic carbocycles. The second kappa shape index (κ2) is 5.59. The van der Waals surface area contributed by atoms with Crippen molar-refractivity contribution in [1.29, 1.82) is 0 Å². The SMILES string of the molecule is CC(NC(=O)N1CCCC(CC(=O)O)C1)C1CC1. The molecule has 0 aromatic heterocycles. The quantitative estimate of drug-likeness (QED) is 0.802. The molecule has 0 aromatic rings. The van der Waals surface area contributed by atoms with Crippen LogP contribution in [0.4, 0.5) is 4.79 Å². The molecule has 2 atom stereocenters. The summed E-state index contributed by atoms with van der Waals surface area (Å²) in [5, 5.41) is 11.8. The number of piperidine rings is 1. The maximum absolute atomic E-state index is 12.0. The number of nitrogens with zero attached hydrogens (tertiary/aromatic N) is 1. The average Bonchev–Trinajstić information content (AvgIpc) is 3.12. The first-order valence-corrected chi connectivity index (χ1v) is 6.83. The van der Waals surface area contributed by atoms with Crippen molar-refractivity contribution in [2.75, 3.05) is 13.1 Å². The predicted octanol–water partition coefficient (Wildman–Crippen LogP) is 1.68. The lowest BCUT2D eigenvalue weighted by molar-refractivity contribution is -0.138. The first-order chi connectivity index (χ1) is 8.56. The van der Waals surface area contributed by atoms with Crippen LogP contribution < -0.4 is 5.32 Å². The Morgan fingerprint density at radius 3 is 2.72 bits per heavy atom. The van der Waals surface area contributed by atoms with Gasteiger partial charge in [0.05, 0.1) is 0 Å². The van der Waals surface area contributed by atoms with Crippen molar-refractivity contribution in [2.24, 2.45) is 11.8 Å². The smallest absolute Gasteiger partial charge is 0.317 e. The second-order valence-corrected chi connectivity index (χ2v) is 5.63. The summed E-state index contributed by atoms with van der Waals surface area (Å²) in [4.78, 5) is 24.5. The number of carboxylic acids is 1. The van der Waals surface area contributed by atoms with Gasteiger partial charge in [-0.2, -0.15) is 0 Å². The summed E-state index contributed by atoms with van der Waals surface area (Å²) in [5.74, 6) is -0.0135. The van der Waals surface area contributed by atoms with Gasteiger partial charge in [-0.1, -0.05) is 0 Å². The Balaban J connectivity index is 1.79. The van der Waals surface area contributed by atoms with Crippen molar-refractivity contribution in [3.63, 3.8) is 0 Å². The zero-order chi connectivity index (χ0) is 13.1. The molecule has 102 valence electrons. The Morgan fingerprint density at radius 1 is 1.39 bits per heavy atom. The van der Waals surface area contributed by atoms with Crippen LogP contribution in [0.25, 0.3) is 0 Å². The number of rotatable bonds is 4. The van der Waals surface area contributed by atoms with Gasteiger partial charge in [0, 0.05) is 25.6 Å². The molecule has 2 amide bonds. The summed E-state index contributed by atoms with van der Waals surface area (Å²) in [6.45, 7) is 3.38. The minimum Gasteiger partial charge on any atom is -0.481 e. The van der Waals surface area contributed by atoms with Gasteiger partial charge in [0.1, 0.15) is 0 Å². The van der Waals surface area contributed by atoms with Crippen molar-refractivity contribution >= 4 is 12.0 Å². The molecule has 18 heavy (non-hydrogen) atoms. The van der Waals surface area contributed by atoms with E-state index in [1.54, 1.807) is 4.90 Å². The monoisotopic (exact) mass is 254 g/mol. The van der Waals surface area contributed by atoms with Gasteiger partial charge in [-0.15, -0.1) is 0 Å². The number of hydrogen-bond donors (Lipinski definition) is 2. The molecule has 0 aromatic carbocycles. The minimum atomic E-state index is -0.770. The van der Waals surface area contributed by atoms with Crippen molar-refractivity contribution in [1.82, 2.24) is 10.2 Å². The number of carbonyl (C=O) groups is 2. The Labute approximate surface area is 108 Å². The lowest BCUT2D eigenvalue weighted by atomic mass is 9.95. The van der Waals surface area contributed by atoms with Crippen LogP contribution in [0, 0.1) is 11.8 Å². The normalized spacial score (nSPS) is 25.6. The van der Waals surface area contributed by atoms with Gasteiger partial charge in [0.25, 0.3) is 0 Å². The van der Waals surface area contributed by atoms with E-state index in [-0.39, 0.29) is 24.4 Å². The van der Waals surface area contributed by atoms with Crippen LogP contribution in [-0.4, -0.2) is 41.1 Å². The van der Waals surface area contributed by atoms with Crippen molar-refractivity contribution in [2.45, 2.75) is 45.1 Å². The van der Waals surface area contributed by atoms with Gasteiger partial charge in [0.15, 0.2) is 0 Å². The highest BCUT2D eigenvalue weighted by atomic mass is 16.4. The van der Waals surface area contributed by atoms with Crippen LogP contribution in [0.1, 0.15) is 39.0 Å². The number of nitrogens with one attached hydrogen (secondary N) is 1. The molecule has 0 radical (unpaired) electrons. The number of carbonyl (C=O) groups excluding carboxylic acids is 1. The molecule has 1 saturated carbocycles. The van der Waals surface area contributed by atoms with E-state index >= 15 is 0 Å². The molecule has 5 nitrogen and oxygen atoms in total. The summed E-state index contributed by atoms with van der Waals surface area (Å²) < 4.78 is 0. The van der Waals surface area contributed by atoms with E-state index in [0.29, 0.717) is 12.5 Å². The third kappa shape index (κ3) is 3.62. The van der Waals surface area contributed by atoms with Crippen LogP contribution in [0.2, 0.25) is 0 Å². The largest absolute Gasteiger partial charge is 0.481 e. The van der Waals surface area contributed by atoms with Crippen molar-refractivity contribution in [3.05, 3.63) is 0 Å². The lowest BCUT2D eigenvalue weighted by Gasteiger charge is -2.33. The highest BCUT2D eigenvalue weighted by Gasteiger charge is 2.31. The fourth-order valence-electron chi connectivity index (χ4n) is 2.66. The zero-order valence-corrected chi connectivity index (χ0v) is 10.9. The van der Waals surface area contributed by atoms with Crippen molar-refractivity contribution in [3.8, 4) is 0 Å². The van der Waals surface area contributed by atoms with Gasteiger partial charge >= 0.3 is 12.0 Å². The molecule has 2 aliphatic rings. The van der Waals surface area contributed by atoms with Crippen LogP contribution in [0.15, 0.2) is 0 Å². The van der Waals surface area contributed by atoms with E-state index in [0.717, 1.165) is 19.4 Å². The summed E-state index contributed by atoms with van der Waals surface area (Å²) in [5.41, 5.74) is 0. The van der Waals surface area contributed by atoms with E-state index in [9.17, 15) is 9.59 Å². The number of urea groups is 1. The molecule has 0 spiro atoms. The van der Waals surface area contributed by atoms with E-state index in [4.69, 9.17) is 5.11 Å². The fraction of sp³-hybridized carbons (Fsp3) is 0.846. The minimum absolute atomic E-state index is 0.0236. The molecule has 2 N–H and O–H groups in total. The molecule has 2 fully saturated rings. The summed E-state index contributed by atoms with van der Waals surface area (Å²) in [6.07, 6.45) is 4.41. The topological polar surface area (TPSA) is 69.6 Å². The summed E-state index contributed by atoms with van der Waals surface area (Å²) in [6, 6.07) is 0.224. The third-order valence-corrected chi connectivity index (χ3v) is 3.95. The average molecular weight is 254 g/mol. The number of amides is 2. The number of aliphatic carboxylic acids is 1. The third-order valence-electron chi connectivity index (χ3n) is 3.95. The van der Waals surface area contributed by atoms with Gasteiger partial charge in [-0.25, -0.2) is 4.79 Å². The van der Waals surface area contributed by atoms with Gasteiger partial charge < -0.3 is 15.3 Å². The number of carboxylic acid groups (broad SMARTS) is 1. The Kier molecular flexibility index (Phi) is 4.09. The van der Waals surface area contributed by atoms with Crippen molar-refractivity contribution < 1.29 is 14.7 Å². The lowest BCUT2D eigenvalue weighted by Crippen LogP contribution is -2.48. The van der Waals surface area contributed by atoms with Gasteiger partial charge in [-0.05, 0) is 44.4 Å². The highest BCUT2D eigenvalue weighted by molar-refractivity contribution is 5.75. The Hall–Kier alpha value is -1.26. The van der Waals surface area contributed by atoms with E-state index in [1.165, 1.54) is 12.8 Å². The van der Waals surface area contributed by atoms with E-state index in [1.807, 2.05) is 6.92 Å². The highest BCUT2D eigenvalue weighted by Crippen LogP contribution is 2.32. The number of hydrogen-bond acceptors (Lipinski definition) is 2. The van der Waals surface area contributed by atoms with Crippen LogP contribution >= 0.6 is 0 Å². The van der Waals surface area contributed by atoms with Crippen LogP contribution in [0.3, 0.4) is 0 Å². The molecule has 0 bridgehead atoms. The van der Waals surface area contributed by atoms with Gasteiger partial charge in [-0.3, -0.25) is 4.79 Å². The molecule has 1 heterocycles. The first-order valence-electron chi connectivity index (χ1n) is 6.83. The maximum Gasteiger partial charge on any atom is 0.317 e. The molecular weight excluding hydrogens is 232 g/mol. The zero-order valence-electron chi connectivity index (χ0n) is 10.9. The van der Waals surface area contributed by atoms with Gasteiger partial charge in [0.2, 0.25) is 0 Å². The molecule has 2 rings (SSSR count). The maximum atomic E-state index is 12.0. The first kappa shape index (κ1) is 13.2. The van der Waals surface area contributed by atoms with E-state index in [2.05, 4.69) is 5.32 Å². The van der Waals surface area contributed by atoms with Crippen LogP contribution in [0.5, 0.6) is 0 Å². The molecule has 2 unspecified atom stereocenters. The van der Waals surface area contributed by atoms with Crippen LogP contribution in [-0.2, 0) is 4.79 Å². The fourth-order valence-corrected chi connectivity index (χ4v) is 2.66. The molecular formula is C13H22N2O3. The number of likely N-dealkylation sites (tertiary alicyclic amines) is 1. The Morgan fingerprint density at radius 2 is 2.11 bits per heavy atom. The summed E-state index contributed by atoms with van der Waals surface area (Å²) in [7, 11) is 0. The summed E-state index contributed by atoms with van der Waals surface area (Å²) >= 11 is 0. The predicted molar refractivity (Wildman–Crippen MR) is 67.3 cm³/mol. The molecule has 1 aliphatic heterocycles. The standard InChI is InChI=1S/C13H22N2O3/c1-9(11-4-5-11)14-13(18)15-6-2-3-10(8-15)7-12(16)17/h9-11H,2-8H2,1H3,(H,14,18)(H,16,17).